The van der Waals surface area contributed by atoms with Gasteiger partial charge in [-0.15, -0.1) is 0 Å². The summed E-state index contributed by atoms with van der Waals surface area (Å²) in [7, 11) is 3.47. The topological polar surface area (TPSA) is 50.8 Å². The summed E-state index contributed by atoms with van der Waals surface area (Å²) in [5, 5.41) is 3.07. The fourth-order valence-corrected chi connectivity index (χ4v) is 1.61. The van der Waals surface area contributed by atoms with Gasteiger partial charge in [-0.25, -0.2) is 0 Å². The Hall–Kier alpha value is -1.91. The molecule has 18 heavy (non-hydrogen) atoms. The van der Waals surface area contributed by atoms with Gasteiger partial charge in [0.2, 0.25) is 5.91 Å². The normalized spacial score (nSPS) is 13.7. The highest BCUT2D eigenvalue weighted by Crippen LogP contribution is 2.32. The number of likely N-dealkylation sites (N-methyl/N-ethyl adjacent to an activating group) is 1. The second-order valence-corrected chi connectivity index (χ2v) is 4.35. The van der Waals surface area contributed by atoms with Gasteiger partial charge in [0.15, 0.2) is 11.5 Å². The van der Waals surface area contributed by atoms with Crippen molar-refractivity contribution < 1.29 is 14.3 Å². The Morgan fingerprint density at radius 2 is 2.00 bits per heavy atom. The van der Waals surface area contributed by atoms with Crippen LogP contribution in [0.15, 0.2) is 18.2 Å². The third-order valence-electron chi connectivity index (χ3n) is 2.69. The first-order valence-electron chi connectivity index (χ1n) is 6.00. The summed E-state index contributed by atoms with van der Waals surface area (Å²) < 4.78 is 11.1. The first-order valence-corrected chi connectivity index (χ1v) is 6.00. The molecular formula is C13H18N2O3. The molecule has 0 bridgehead atoms. The van der Waals surface area contributed by atoms with Gasteiger partial charge in [-0.3, -0.25) is 4.79 Å². The van der Waals surface area contributed by atoms with E-state index >= 15 is 0 Å². The molecule has 1 aromatic carbocycles. The highest BCUT2D eigenvalue weighted by atomic mass is 16.5. The van der Waals surface area contributed by atoms with Crippen molar-refractivity contribution in [2.75, 3.05) is 39.2 Å². The lowest BCUT2D eigenvalue weighted by atomic mass is 10.2. The van der Waals surface area contributed by atoms with Crippen molar-refractivity contribution in [2.45, 2.75) is 6.42 Å². The maximum absolute atomic E-state index is 11.5. The summed E-state index contributed by atoms with van der Waals surface area (Å²) in [6.45, 7) is 1.61. The van der Waals surface area contributed by atoms with Crippen LogP contribution in [-0.4, -0.2) is 44.7 Å². The average molecular weight is 250 g/mol. The zero-order chi connectivity index (χ0) is 13.0. The molecule has 1 amide bonds. The maximum Gasteiger partial charge on any atom is 0.241 e. The number of fused-ring (bicyclic) bond motifs is 1. The highest BCUT2D eigenvalue weighted by Gasteiger charge is 2.11. The average Bonchev–Trinajstić information content (AvgIpc) is 2.60. The quantitative estimate of drug-likeness (QED) is 0.879. The Bertz CT molecular complexity index is 432. The Kier molecular flexibility index (Phi) is 3.92. The number of carbonyl (C=O) groups is 1. The van der Waals surface area contributed by atoms with Gasteiger partial charge in [-0.05, 0) is 12.1 Å². The van der Waals surface area contributed by atoms with Crippen LogP contribution >= 0.6 is 0 Å². The molecule has 0 saturated carbocycles. The molecule has 2 rings (SSSR count). The van der Waals surface area contributed by atoms with Crippen LogP contribution < -0.4 is 14.8 Å². The molecule has 98 valence electrons. The van der Waals surface area contributed by atoms with Crippen molar-refractivity contribution in [3.8, 4) is 11.5 Å². The van der Waals surface area contributed by atoms with Crippen LogP contribution in [0.5, 0.6) is 11.5 Å². The van der Waals surface area contributed by atoms with Gasteiger partial charge >= 0.3 is 0 Å². The molecule has 1 aromatic rings. The number of nitrogens with zero attached hydrogens (tertiary/aromatic N) is 1. The molecule has 1 heterocycles. The largest absolute Gasteiger partial charge is 0.490 e. The number of benzene rings is 1. The zero-order valence-corrected chi connectivity index (χ0v) is 10.7. The van der Waals surface area contributed by atoms with Crippen molar-refractivity contribution in [3.63, 3.8) is 0 Å². The number of hydrogen-bond donors (Lipinski definition) is 1. The molecule has 0 saturated heterocycles. The van der Waals surface area contributed by atoms with Crippen molar-refractivity contribution >= 4 is 11.6 Å². The number of rotatable bonds is 3. The van der Waals surface area contributed by atoms with Crippen LogP contribution in [0.1, 0.15) is 6.42 Å². The van der Waals surface area contributed by atoms with Gasteiger partial charge in [-0.2, -0.15) is 0 Å². The Balaban J connectivity index is 2.02. The van der Waals surface area contributed by atoms with Crippen LogP contribution in [-0.2, 0) is 4.79 Å². The number of amides is 1. The van der Waals surface area contributed by atoms with Gasteiger partial charge < -0.3 is 19.7 Å². The van der Waals surface area contributed by atoms with Crippen molar-refractivity contribution in [1.82, 2.24) is 4.90 Å². The molecule has 5 heteroatoms. The Morgan fingerprint density at radius 3 is 2.72 bits per heavy atom. The van der Waals surface area contributed by atoms with Crippen LogP contribution in [0.25, 0.3) is 0 Å². The van der Waals surface area contributed by atoms with Crippen LogP contribution in [0, 0.1) is 0 Å². The first kappa shape index (κ1) is 12.5. The smallest absolute Gasteiger partial charge is 0.241 e. The van der Waals surface area contributed by atoms with E-state index in [2.05, 4.69) is 5.32 Å². The predicted molar refractivity (Wildman–Crippen MR) is 69.2 cm³/mol. The number of hydrogen-bond acceptors (Lipinski definition) is 4. The summed E-state index contributed by atoms with van der Waals surface area (Å²) in [5.41, 5.74) is 0.856. The number of ether oxygens (including phenoxy) is 2. The zero-order valence-electron chi connectivity index (χ0n) is 10.7. The van der Waals surface area contributed by atoms with Crippen molar-refractivity contribution in [1.29, 1.82) is 0 Å². The van der Waals surface area contributed by atoms with Gasteiger partial charge in [0.05, 0.1) is 19.8 Å². The van der Waals surface area contributed by atoms with Gasteiger partial charge in [-0.1, -0.05) is 0 Å². The summed E-state index contributed by atoms with van der Waals surface area (Å²) >= 11 is 0. The van der Waals surface area contributed by atoms with E-state index in [9.17, 15) is 4.79 Å². The maximum atomic E-state index is 11.5. The van der Waals surface area contributed by atoms with Crippen LogP contribution in [0.4, 0.5) is 5.69 Å². The molecule has 0 fully saturated rings. The van der Waals surface area contributed by atoms with Crippen LogP contribution in [0.3, 0.4) is 0 Å². The first-order chi connectivity index (χ1) is 8.66. The highest BCUT2D eigenvalue weighted by molar-refractivity contribution is 5.80. The van der Waals surface area contributed by atoms with Crippen molar-refractivity contribution in [3.05, 3.63) is 18.2 Å². The summed E-state index contributed by atoms with van der Waals surface area (Å²) in [6.07, 6.45) is 0.885. The van der Waals surface area contributed by atoms with E-state index < -0.39 is 0 Å². The molecule has 0 unspecified atom stereocenters. The molecule has 1 aliphatic rings. The Labute approximate surface area is 107 Å². The number of anilines is 1. The third-order valence-corrected chi connectivity index (χ3v) is 2.69. The molecule has 5 nitrogen and oxygen atoms in total. The number of nitrogens with one attached hydrogen (secondary N) is 1. The molecular weight excluding hydrogens is 232 g/mol. The minimum atomic E-state index is 0.0297. The molecule has 0 radical (unpaired) electrons. The fraction of sp³-hybridized carbons (Fsp3) is 0.462. The molecule has 1 aliphatic heterocycles. The van der Waals surface area contributed by atoms with Gasteiger partial charge in [0.25, 0.3) is 0 Å². The lowest BCUT2D eigenvalue weighted by molar-refractivity contribution is -0.126. The molecule has 0 atom stereocenters. The molecule has 0 aliphatic carbocycles. The van der Waals surface area contributed by atoms with E-state index in [1.54, 1.807) is 19.0 Å². The van der Waals surface area contributed by atoms with Crippen molar-refractivity contribution in [2.24, 2.45) is 0 Å². The fourth-order valence-electron chi connectivity index (χ4n) is 1.61. The summed E-state index contributed by atoms with van der Waals surface area (Å²) in [5.74, 6) is 1.52. The van der Waals surface area contributed by atoms with E-state index in [1.807, 2.05) is 18.2 Å². The van der Waals surface area contributed by atoms with E-state index in [-0.39, 0.29) is 12.5 Å². The summed E-state index contributed by atoms with van der Waals surface area (Å²) in [4.78, 5) is 13.0. The van der Waals surface area contributed by atoms with Gasteiger partial charge in [0.1, 0.15) is 0 Å². The third kappa shape index (κ3) is 3.06. The molecule has 1 N–H and O–H groups in total. The van der Waals surface area contributed by atoms with E-state index in [4.69, 9.17) is 9.47 Å². The molecule has 0 spiro atoms. The summed E-state index contributed by atoms with van der Waals surface area (Å²) in [6, 6.07) is 5.61. The number of carbonyl (C=O) groups excluding carboxylic acids is 1. The Morgan fingerprint density at radius 1 is 1.28 bits per heavy atom. The SMILES string of the molecule is CN(C)C(=O)CNc1ccc2c(c1)OCCCO2. The van der Waals surface area contributed by atoms with E-state index in [0.717, 1.165) is 23.6 Å². The lowest BCUT2D eigenvalue weighted by Crippen LogP contribution is -2.28. The van der Waals surface area contributed by atoms with E-state index in [1.165, 1.54) is 0 Å². The monoisotopic (exact) mass is 250 g/mol. The minimum Gasteiger partial charge on any atom is -0.490 e. The molecule has 0 aromatic heterocycles. The minimum absolute atomic E-state index is 0.0297. The standard InChI is InChI=1S/C13H18N2O3/c1-15(2)13(16)9-14-10-4-5-11-12(8-10)18-7-3-6-17-11/h4-5,8,14H,3,6-7,9H2,1-2H3. The lowest BCUT2D eigenvalue weighted by Gasteiger charge is -2.13. The van der Waals surface area contributed by atoms with Gasteiger partial charge in [0, 0.05) is 32.3 Å². The van der Waals surface area contributed by atoms with E-state index in [0.29, 0.717) is 13.2 Å². The predicted octanol–water partition coefficient (Wildman–Crippen LogP) is 1.35. The van der Waals surface area contributed by atoms with Crippen LogP contribution in [0.2, 0.25) is 0 Å². The second kappa shape index (κ2) is 5.62. The second-order valence-electron chi connectivity index (χ2n) is 4.35.